The van der Waals surface area contributed by atoms with Crippen molar-refractivity contribution in [3.63, 3.8) is 0 Å². The number of esters is 2. The molecule has 2 aliphatic rings. The Labute approximate surface area is 243 Å². The molecule has 0 aliphatic carbocycles. The average Bonchev–Trinajstić information content (AvgIpc) is 3.35. The third-order valence-electron chi connectivity index (χ3n) is 5.88. The molecule has 4 heterocycles. The molecule has 0 bridgehead atoms. The summed E-state index contributed by atoms with van der Waals surface area (Å²) in [5.41, 5.74) is 5.66. The maximum atomic E-state index is 13.4. The number of allylic oxidation sites excluding steroid dienone is 1. The van der Waals surface area contributed by atoms with E-state index in [-0.39, 0.29) is 16.5 Å². The molecular weight excluding hydrogens is 572 g/mol. The molecule has 0 aromatic carbocycles. The van der Waals surface area contributed by atoms with E-state index in [1.807, 2.05) is 6.07 Å². The smallest absolute Gasteiger partial charge is 0.358 e. The van der Waals surface area contributed by atoms with Crippen LogP contribution in [-0.2, 0) is 28.7 Å². The summed E-state index contributed by atoms with van der Waals surface area (Å²) in [4.78, 5) is 61.1. The molecule has 3 atom stereocenters. The number of nitrogen functional groups attached to an aromatic ring is 1. The van der Waals surface area contributed by atoms with Crippen LogP contribution in [-0.4, -0.2) is 73.0 Å². The molecule has 15 heteroatoms. The number of ether oxygens (including phenoxy) is 2. The lowest BCUT2D eigenvalue weighted by atomic mass is 9.97. The summed E-state index contributed by atoms with van der Waals surface area (Å²) in [6.45, 7) is 6.41. The van der Waals surface area contributed by atoms with Gasteiger partial charge in [-0.2, -0.15) is 0 Å². The van der Waals surface area contributed by atoms with Gasteiger partial charge < -0.3 is 25.7 Å². The van der Waals surface area contributed by atoms with E-state index in [2.05, 4.69) is 20.4 Å². The molecule has 216 valence electrons. The average molecular weight is 601 g/mol. The number of carbonyl (C=O) groups is 4. The number of nitrogens with zero attached hydrogens (tertiary/aromatic N) is 4. The molecule has 1 unspecified atom stereocenters. The molecule has 2 aromatic heterocycles. The predicted molar refractivity (Wildman–Crippen MR) is 151 cm³/mol. The number of hydrogen-bond acceptors (Lipinski definition) is 13. The van der Waals surface area contributed by atoms with Crippen LogP contribution in [0.2, 0.25) is 0 Å². The number of carbonyl (C=O) groups excluding carboxylic acids is 4. The van der Waals surface area contributed by atoms with Crippen LogP contribution < -0.4 is 11.1 Å². The quantitative estimate of drug-likeness (QED) is 0.101. The molecule has 0 saturated carbocycles. The number of anilines is 1. The molecule has 13 nitrogen and oxygen atoms in total. The topological polar surface area (TPSA) is 186 Å². The van der Waals surface area contributed by atoms with Crippen molar-refractivity contribution in [1.82, 2.24) is 20.2 Å². The van der Waals surface area contributed by atoms with E-state index >= 15 is 0 Å². The second-order valence-corrected chi connectivity index (χ2v) is 12.0. The lowest BCUT2D eigenvalue weighted by molar-refractivity contribution is -0.190. The lowest BCUT2D eigenvalue weighted by Gasteiger charge is -2.49. The van der Waals surface area contributed by atoms with Crippen LogP contribution in [0.3, 0.4) is 0 Å². The Morgan fingerprint density at radius 2 is 2.05 bits per heavy atom. The Kier molecular flexibility index (Phi) is 8.77. The van der Waals surface area contributed by atoms with Crippen molar-refractivity contribution < 1.29 is 33.9 Å². The van der Waals surface area contributed by atoms with Crippen molar-refractivity contribution in [1.29, 1.82) is 0 Å². The highest BCUT2D eigenvalue weighted by Crippen LogP contribution is 2.41. The van der Waals surface area contributed by atoms with E-state index < -0.39 is 52.6 Å². The Bertz CT molecular complexity index is 1450. The number of nitrogens with one attached hydrogen (secondary N) is 1. The third kappa shape index (κ3) is 6.57. The number of amides is 2. The van der Waals surface area contributed by atoms with E-state index in [1.165, 1.54) is 29.0 Å². The zero-order valence-electron chi connectivity index (χ0n) is 22.6. The van der Waals surface area contributed by atoms with Crippen molar-refractivity contribution in [3.8, 4) is 0 Å². The summed E-state index contributed by atoms with van der Waals surface area (Å²) in [6, 6.07) is 2.56. The van der Waals surface area contributed by atoms with Gasteiger partial charge in [0, 0.05) is 30.5 Å². The SMILES string of the molecule is CC(OC(=O)C1=C(/C=C\c2cccnc2)CS[C@@H]2[C@H](NC(=O)C(=NO)c3csc(N)n3)C(=O)N12)OC(=O)C(C)(C)C. The monoisotopic (exact) mass is 600 g/mol. The van der Waals surface area contributed by atoms with Crippen LogP contribution in [0.5, 0.6) is 0 Å². The van der Waals surface area contributed by atoms with E-state index in [1.54, 1.807) is 51.4 Å². The van der Waals surface area contributed by atoms with Gasteiger partial charge in [-0.3, -0.25) is 24.3 Å². The van der Waals surface area contributed by atoms with E-state index in [0.717, 1.165) is 16.9 Å². The van der Waals surface area contributed by atoms with Crippen LogP contribution in [0.25, 0.3) is 6.08 Å². The molecule has 2 aromatic rings. The fourth-order valence-electron chi connectivity index (χ4n) is 3.81. The second-order valence-electron chi connectivity index (χ2n) is 10.0. The molecule has 1 fully saturated rings. The van der Waals surface area contributed by atoms with Gasteiger partial charge in [0.15, 0.2) is 10.8 Å². The Morgan fingerprint density at radius 3 is 2.66 bits per heavy atom. The number of β-lactam (4-membered cyclic amide) rings is 1. The maximum Gasteiger partial charge on any atom is 0.358 e. The van der Waals surface area contributed by atoms with Gasteiger partial charge in [0.05, 0.1) is 5.41 Å². The highest BCUT2D eigenvalue weighted by Gasteiger charge is 2.54. The van der Waals surface area contributed by atoms with Crippen molar-refractivity contribution in [3.05, 3.63) is 58.5 Å². The summed E-state index contributed by atoms with van der Waals surface area (Å²) in [5.74, 6) is -2.56. The molecule has 4 N–H and O–H groups in total. The minimum atomic E-state index is -1.22. The number of aromatic nitrogens is 2. The first kappa shape index (κ1) is 29.7. The van der Waals surface area contributed by atoms with Gasteiger partial charge in [0.1, 0.15) is 22.8 Å². The summed E-state index contributed by atoms with van der Waals surface area (Å²) in [6.07, 6.45) is 5.47. The predicted octanol–water partition coefficient (Wildman–Crippen LogP) is 2.14. The number of oxime groups is 1. The van der Waals surface area contributed by atoms with Crippen LogP contribution >= 0.6 is 23.1 Å². The summed E-state index contributed by atoms with van der Waals surface area (Å²) in [7, 11) is 0. The number of pyridine rings is 1. The number of fused-ring (bicyclic) bond motifs is 1. The zero-order chi connectivity index (χ0) is 29.9. The minimum Gasteiger partial charge on any atom is -0.425 e. The zero-order valence-corrected chi connectivity index (χ0v) is 24.2. The fraction of sp³-hybridized carbons (Fsp3) is 0.346. The second kappa shape index (κ2) is 12.1. The number of nitrogens with two attached hydrogens (primary N) is 1. The third-order valence-corrected chi connectivity index (χ3v) is 7.85. The Balaban J connectivity index is 1.57. The van der Waals surface area contributed by atoms with Gasteiger partial charge in [-0.15, -0.1) is 23.1 Å². The number of thiazole rings is 1. The maximum absolute atomic E-state index is 13.4. The molecule has 0 spiro atoms. The standard InChI is InChI=1S/C26H28N6O7S2/c1-13(39-24(36)26(2,3)4)38-23(35)19-15(8-7-14-6-5-9-28-10-14)11-40-22-18(21(34)32(19)22)30-20(33)17(31-37)16-12-41-25(27)29-16/h5-10,12-13,18,22,37H,11H2,1-4H3,(H2,27,29)(H,30,33)/b8-7-,31-17?/t13?,18-,22-/m1/s1. The van der Waals surface area contributed by atoms with Crippen LogP contribution in [0, 0.1) is 5.41 Å². The molecule has 2 aliphatic heterocycles. The number of hydrogen-bond donors (Lipinski definition) is 3. The van der Waals surface area contributed by atoms with E-state index in [0.29, 0.717) is 11.3 Å². The van der Waals surface area contributed by atoms with Gasteiger partial charge in [-0.1, -0.05) is 23.4 Å². The van der Waals surface area contributed by atoms with Crippen LogP contribution in [0.1, 0.15) is 39.0 Å². The van der Waals surface area contributed by atoms with Gasteiger partial charge in [-0.05, 0) is 38.0 Å². The largest absolute Gasteiger partial charge is 0.425 e. The number of thioether (sulfide) groups is 1. The Morgan fingerprint density at radius 1 is 1.29 bits per heavy atom. The number of rotatable bonds is 8. The van der Waals surface area contributed by atoms with Crippen LogP contribution in [0.4, 0.5) is 5.13 Å². The summed E-state index contributed by atoms with van der Waals surface area (Å²) in [5, 5.41) is 15.9. The summed E-state index contributed by atoms with van der Waals surface area (Å²) < 4.78 is 10.7. The van der Waals surface area contributed by atoms with Crippen molar-refractivity contribution in [2.24, 2.45) is 10.6 Å². The highest BCUT2D eigenvalue weighted by molar-refractivity contribution is 8.00. The Hall–Kier alpha value is -4.24. The molecular formula is C26H28N6O7S2. The van der Waals surface area contributed by atoms with Crippen molar-refractivity contribution in [2.45, 2.75) is 45.4 Å². The lowest BCUT2D eigenvalue weighted by Crippen LogP contribution is -2.71. The highest BCUT2D eigenvalue weighted by atomic mass is 32.2. The van der Waals surface area contributed by atoms with Gasteiger partial charge in [-0.25, -0.2) is 9.78 Å². The van der Waals surface area contributed by atoms with Gasteiger partial charge in [0.25, 0.3) is 11.8 Å². The van der Waals surface area contributed by atoms with Crippen molar-refractivity contribution >= 4 is 63.8 Å². The molecule has 41 heavy (non-hydrogen) atoms. The first-order chi connectivity index (χ1) is 19.4. The molecule has 1 saturated heterocycles. The summed E-state index contributed by atoms with van der Waals surface area (Å²) >= 11 is 2.38. The first-order valence-electron chi connectivity index (χ1n) is 12.3. The van der Waals surface area contributed by atoms with Gasteiger partial charge in [0.2, 0.25) is 6.29 Å². The fourth-order valence-corrected chi connectivity index (χ4v) is 5.67. The minimum absolute atomic E-state index is 0.0358. The molecule has 2 amide bonds. The van der Waals surface area contributed by atoms with E-state index in [9.17, 15) is 24.4 Å². The molecule has 4 rings (SSSR count). The first-order valence-corrected chi connectivity index (χ1v) is 14.3. The normalized spacial score (nSPS) is 19.9. The van der Waals surface area contributed by atoms with E-state index in [4.69, 9.17) is 15.2 Å². The molecule has 0 radical (unpaired) electrons. The van der Waals surface area contributed by atoms with Gasteiger partial charge >= 0.3 is 11.9 Å². The van der Waals surface area contributed by atoms with Crippen LogP contribution in [0.15, 0.2) is 52.4 Å². The van der Waals surface area contributed by atoms with Crippen molar-refractivity contribution in [2.75, 3.05) is 11.5 Å².